The maximum Gasteiger partial charge on any atom is 0.165 e. The van der Waals surface area contributed by atoms with Crippen LogP contribution in [0.15, 0.2) is 18.2 Å². The fourth-order valence-electron chi connectivity index (χ4n) is 1.99. The number of hydrogen-bond acceptors (Lipinski definition) is 2. The average Bonchev–Trinajstić information content (AvgIpc) is 3.09. The zero-order valence-corrected chi connectivity index (χ0v) is 11.7. The van der Waals surface area contributed by atoms with Gasteiger partial charge in [-0.1, -0.05) is 23.2 Å². The van der Waals surface area contributed by atoms with Crippen LogP contribution in [0.5, 0.6) is 0 Å². The molecule has 1 fully saturated rings. The molecule has 1 aromatic carbocycles. The molecule has 0 radical (unpaired) electrons. The van der Waals surface area contributed by atoms with Crippen LogP contribution < -0.4 is 0 Å². The third-order valence-corrected chi connectivity index (χ3v) is 3.76. The van der Waals surface area contributed by atoms with Crippen molar-refractivity contribution in [3.05, 3.63) is 34.1 Å². The van der Waals surface area contributed by atoms with Crippen molar-refractivity contribution in [2.75, 3.05) is 0 Å². The Labute approximate surface area is 120 Å². The van der Waals surface area contributed by atoms with Crippen molar-refractivity contribution in [1.29, 1.82) is 0 Å². The van der Waals surface area contributed by atoms with Crippen molar-refractivity contribution in [2.45, 2.75) is 24.8 Å². The third kappa shape index (κ3) is 2.11. The number of aromatic nitrogens is 3. The molecular formula is C12H10Cl3N3. The minimum Gasteiger partial charge on any atom is -0.307 e. The molecule has 0 amide bonds. The normalized spacial score (nSPS) is 15.1. The smallest absolute Gasteiger partial charge is 0.165 e. The quantitative estimate of drug-likeness (QED) is 0.790. The second kappa shape index (κ2) is 4.72. The summed E-state index contributed by atoms with van der Waals surface area (Å²) in [6.45, 7) is 0. The van der Waals surface area contributed by atoms with Gasteiger partial charge in [-0.25, -0.2) is 0 Å². The summed E-state index contributed by atoms with van der Waals surface area (Å²) in [6.07, 6.45) is 2.28. The van der Waals surface area contributed by atoms with Crippen LogP contribution in [0.1, 0.15) is 24.7 Å². The molecule has 0 bridgehead atoms. The zero-order valence-electron chi connectivity index (χ0n) is 9.41. The average molecular weight is 303 g/mol. The lowest BCUT2D eigenvalue weighted by atomic mass is 10.2. The predicted octanol–water partition coefficient (Wildman–Crippen LogP) is 4.33. The highest BCUT2D eigenvalue weighted by atomic mass is 35.5. The van der Waals surface area contributed by atoms with Crippen LogP contribution in [-0.2, 0) is 5.88 Å². The Balaban J connectivity index is 2.13. The van der Waals surface area contributed by atoms with E-state index < -0.39 is 0 Å². The Bertz CT molecular complexity index is 590. The Kier molecular flexibility index (Phi) is 3.22. The molecule has 3 nitrogen and oxygen atoms in total. The summed E-state index contributed by atoms with van der Waals surface area (Å²) in [5.41, 5.74) is 0.844. The molecule has 18 heavy (non-hydrogen) atoms. The van der Waals surface area contributed by atoms with Crippen LogP contribution >= 0.6 is 34.8 Å². The first kappa shape index (κ1) is 12.3. The number of hydrogen-bond donors (Lipinski definition) is 0. The molecule has 1 aromatic heterocycles. The number of rotatable bonds is 3. The summed E-state index contributed by atoms with van der Waals surface area (Å²) in [5, 5.41) is 9.53. The Hall–Kier alpha value is -0.770. The molecule has 94 valence electrons. The first-order chi connectivity index (χ1) is 8.70. The molecule has 1 aliphatic carbocycles. The highest BCUT2D eigenvalue weighted by molar-refractivity contribution is 6.36. The molecule has 0 atom stereocenters. The maximum absolute atomic E-state index is 6.22. The molecule has 0 aliphatic heterocycles. The predicted molar refractivity (Wildman–Crippen MR) is 73.3 cm³/mol. The van der Waals surface area contributed by atoms with Gasteiger partial charge in [-0.3, -0.25) is 0 Å². The topological polar surface area (TPSA) is 30.7 Å². The van der Waals surface area contributed by atoms with Crippen molar-refractivity contribution in [3.63, 3.8) is 0 Å². The van der Waals surface area contributed by atoms with Gasteiger partial charge in [0.25, 0.3) is 0 Å². The first-order valence-corrected chi connectivity index (χ1v) is 6.95. The van der Waals surface area contributed by atoms with E-state index in [2.05, 4.69) is 14.8 Å². The van der Waals surface area contributed by atoms with Gasteiger partial charge >= 0.3 is 0 Å². The monoisotopic (exact) mass is 301 g/mol. The van der Waals surface area contributed by atoms with Gasteiger partial charge in [0.15, 0.2) is 5.82 Å². The van der Waals surface area contributed by atoms with E-state index in [1.807, 2.05) is 6.07 Å². The van der Waals surface area contributed by atoms with Gasteiger partial charge in [0.1, 0.15) is 5.82 Å². The van der Waals surface area contributed by atoms with Gasteiger partial charge in [-0.2, -0.15) is 0 Å². The van der Waals surface area contributed by atoms with Gasteiger partial charge in [0, 0.05) is 16.6 Å². The fourth-order valence-corrected chi connectivity index (χ4v) is 2.66. The molecule has 2 aromatic rings. The molecule has 0 N–H and O–H groups in total. The van der Waals surface area contributed by atoms with Crippen molar-refractivity contribution < 1.29 is 0 Å². The van der Waals surface area contributed by atoms with E-state index in [4.69, 9.17) is 34.8 Å². The van der Waals surface area contributed by atoms with Gasteiger partial charge in [0.2, 0.25) is 0 Å². The number of alkyl halides is 1. The van der Waals surface area contributed by atoms with Gasteiger partial charge in [-0.05, 0) is 31.0 Å². The van der Waals surface area contributed by atoms with Gasteiger partial charge in [-0.15, -0.1) is 21.8 Å². The van der Waals surface area contributed by atoms with Crippen LogP contribution in [-0.4, -0.2) is 14.8 Å². The van der Waals surface area contributed by atoms with E-state index >= 15 is 0 Å². The Morgan fingerprint density at radius 3 is 2.61 bits per heavy atom. The molecular weight excluding hydrogens is 293 g/mol. The minimum absolute atomic E-state index is 0.356. The Morgan fingerprint density at radius 1 is 1.22 bits per heavy atom. The standard InChI is InChI=1S/C12H10Cl3N3/c13-6-11-16-17-12(18(11)8-2-3-8)9-4-1-7(14)5-10(9)15/h1,4-5,8H,2-3,6H2. The van der Waals surface area contributed by atoms with E-state index in [1.54, 1.807) is 12.1 Å². The molecule has 0 unspecified atom stereocenters. The summed E-state index contributed by atoms with van der Waals surface area (Å²) < 4.78 is 2.09. The van der Waals surface area contributed by atoms with E-state index in [0.29, 0.717) is 22.0 Å². The Morgan fingerprint density at radius 2 is 2.00 bits per heavy atom. The third-order valence-electron chi connectivity index (χ3n) is 2.97. The molecule has 0 saturated heterocycles. The summed E-state index contributed by atoms with van der Waals surface area (Å²) in [4.78, 5) is 0. The molecule has 6 heteroatoms. The molecule has 1 heterocycles. The van der Waals surface area contributed by atoms with E-state index in [9.17, 15) is 0 Å². The van der Waals surface area contributed by atoms with Crippen LogP contribution in [0.25, 0.3) is 11.4 Å². The number of nitrogens with zero attached hydrogens (tertiary/aromatic N) is 3. The summed E-state index contributed by atoms with van der Waals surface area (Å²) in [6, 6.07) is 5.83. The fraction of sp³-hybridized carbons (Fsp3) is 0.333. The van der Waals surface area contributed by atoms with E-state index in [-0.39, 0.29) is 0 Å². The van der Waals surface area contributed by atoms with Gasteiger partial charge in [0.05, 0.1) is 10.9 Å². The van der Waals surface area contributed by atoms with Crippen LogP contribution in [0.4, 0.5) is 0 Å². The van der Waals surface area contributed by atoms with Crippen LogP contribution in [0.2, 0.25) is 10.0 Å². The summed E-state index contributed by atoms with van der Waals surface area (Å²) in [7, 11) is 0. The van der Waals surface area contributed by atoms with Crippen molar-refractivity contribution in [1.82, 2.24) is 14.8 Å². The van der Waals surface area contributed by atoms with E-state index in [1.165, 1.54) is 0 Å². The minimum atomic E-state index is 0.356. The van der Waals surface area contributed by atoms with Gasteiger partial charge < -0.3 is 4.57 Å². The molecule has 1 aliphatic rings. The lowest BCUT2D eigenvalue weighted by Crippen LogP contribution is -2.02. The highest BCUT2D eigenvalue weighted by Crippen LogP contribution is 2.40. The van der Waals surface area contributed by atoms with E-state index in [0.717, 1.165) is 30.1 Å². The molecule has 3 rings (SSSR count). The summed E-state index contributed by atoms with van der Waals surface area (Å²) in [5.74, 6) is 1.92. The summed E-state index contributed by atoms with van der Waals surface area (Å²) >= 11 is 18.0. The second-order valence-corrected chi connectivity index (χ2v) is 5.41. The largest absolute Gasteiger partial charge is 0.307 e. The molecule has 1 saturated carbocycles. The van der Waals surface area contributed by atoms with Crippen molar-refractivity contribution in [3.8, 4) is 11.4 Å². The van der Waals surface area contributed by atoms with Crippen molar-refractivity contribution >= 4 is 34.8 Å². The SMILES string of the molecule is ClCc1nnc(-c2ccc(Cl)cc2Cl)n1C1CC1. The highest BCUT2D eigenvalue weighted by Gasteiger charge is 2.30. The number of halogens is 3. The first-order valence-electron chi connectivity index (χ1n) is 5.66. The van der Waals surface area contributed by atoms with Crippen molar-refractivity contribution in [2.24, 2.45) is 0 Å². The maximum atomic E-state index is 6.22. The molecule has 0 spiro atoms. The second-order valence-electron chi connectivity index (χ2n) is 4.30. The lowest BCUT2D eigenvalue weighted by molar-refractivity contribution is 0.712. The lowest BCUT2D eigenvalue weighted by Gasteiger charge is -2.09. The zero-order chi connectivity index (χ0) is 12.7. The number of benzene rings is 1. The van der Waals surface area contributed by atoms with Crippen LogP contribution in [0.3, 0.4) is 0 Å². The van der Waals surface area contributed by atoms with Crippen LogP contribution in [0, 0.1) is 0 Å².